The van der Waals surface area contributed by atoms with E-state index in [-0.39, 0.29) is 0 Å². The quantitative estimate of drug-likeness (QED) is 0.707. The molecule has 1 fully saturated rings. The highest BCUT2D eigenvalue weighted by Gasteiger charge is 2.30. The van der Waals surface area contributed by atoms with Gasteiger partial charge in [-0.25, -0.2) is 0 Å². The largest absolute Gasteiger partial charge is 0.401 e. The van der Waals surface area contributed by atoms with Crippen molar-refractivity contribution in [2.75, 3.05) is 33.4 Å². The smallest absolute Gasteiger partial charge is 0.381 e. The van der Waals surface area contributed by atoms with E-state index in [2.05, 4.69) is 0 Å². The van der Waals surface area contributed by atoms with Crippen LogP contribution in [0.15, 0.2) is 0 Å². The Labute approximate surface area is 82.0 Å². The van der Waals surface area contributed by atoms with Gasteiger partial charge in [0.2, 0.25) is 0 Å². The standard InChI is InChI=1S/C9H16F3NO/c1-13(7-9(10,11)12)6-8-2-4-14-5-3-8/h8H,2-7H2,1H3. The predicted molar refractivity (Wildman–Crippen MR) is 47.1 cm³/mol. The minimum Gasteiger partial charge on any atom is -0.381 e. The maximum absolute atomic E-state index is 12.0. The molecule has 1 aliphatic heterocycles. The molecule has 0 aliphatic carbocycles. The first kappa shape index (κ1) is 11.8. The summed E-state index contributed by atoms with van der Waals surface area (Å²) in [6.45, 7) is 1.07. The van der Waals surface area contributed by atoms with Crippen molar-refractivity contribution in [2.45, 2.75) is 19.0 Å². The zero-order valence-corrected chi connectivity index (χ0v) is 8.31. The van der Waals surface area contributed by atoms with Crippen molar-refractivity contribution in [3.8, 4) is 0 Å². The van der Waals surface area contributed by atoms with E-state index in [1.54, 1.807) is 0 Å². The third-order valence-electron chi connectivity index (χ3n) is 2.36. The van der Waals surface area contributed by atoms with E-state index in [1.165, 1.54) is 11.9 Å². The van der Waals surface area contributed by atoms with Crippen molar-refractivity contribution >= 4 is 0 Å². The minimum absolute atomic E-state index is 0.357. The van der Waals surface area contributed by atoms with Crippen molar-refractivity contribution in [3.63, 3.8) is 0 Å². The van der Waals surface area contributed by atoms with Gasteiger partial charge in [-0.05, 0) is 25.8 Å². The van der Waals surface area contributed by atoms with Gasteiger partial charge in [-0.2, -0.15) is 13.2 Å². The summed E-state index contributed by atoms with van der Waals surface area (Å²) in [4.78, 5) is 1.34. The van der Waals surface area contributed by atoms with E-state index >= 15 is 0 Å². The van der Waals surface area contributed by atoms with Crippen LogP contribution >= 0.6 is 0 Å². The van der Waals surface area contributed by atoms with Gasteiger partial charge in [0.1, 0.15) is 0 Å². The Hall–Kier alpha value is -0.290. The molecular formula is C9H16F3NO. The van der Waals surface area contributed by atoms with Gasteiger partial charge in [-0.1, -0.05) is 0 Å². The number of nitrogens with zero attached hydrogens (tertiary/aromatic N) is 1. The Morgan fingerprint density at radius 2 is 1.86 bits per heavy atom. The lowest BCUT2D eigenvalue weighted by Crippen LogP contribution is -2.36. The normalized spacial score (nSPS) is 20.4. The maximum atomic E-state index is 12.0. The molecular weight excluding hydrogens is 195 g/mol. The van der Waals surface area contributed by atoms with Gasteiger partial charge in [0.05, 0.1) is 6.54 Å². The van der Waals surface area contributed by atoms with Crippen molar-refractivity contribution < 1.29 is 17.9 Å². The Morgan fingerprint density at radius 3 is 2.36 bits per heavy atom. The van der Waals surface area contributed by atoms with Crippen LogP contribution in [0.25, 0.3) is 0 Å². The second-order valence-corrected chi connectivity index (χ2v) is 3.87. The molecule has 0 amide bonds. The molecule has 0 saturated carbocycles. The molecule has 0 aromatic carbocycles. The lowest BCUT2D eigenvalue weighted by molar-refractivity contribution is -0.144. The summed E-state index contributed by atoms with van der Waals surface area (Å²) in [5.74, 6) is 0.357. The SMILES string of the molecule is CN(CC1CCOCC1)CC(F)(F)F. The van der Waals surface area contributed by atoms with Crippen LogP contribution in [0, 0.1) is 5.92 Å². The third kappa shape index (κ3) is 4.81. The van der Waals surface area contributed by atoms with Gasteiger partial charge in [-0.3, -0.25) is 4.90 Å². The summed E-state index contributed by atoms with van der Waals surface area (Å²) in [6.07, 6.45) is -2.33. The number of alkyl halides is 3. The minimum atomic E-state index is -4.08. The molecule has 0 bridgehead atoms. The predicted octanol–water partition coefficient (Wildman–Crippen LogP) is 1.91. The van der Waals surface area contributed by atoms with Crippen LogP contribution in [-0.2, 0) is 4.74 Å². The zero-order chi connectivity index (χ0) is 10.6. The zero-order valence-electron chi connectivity index (χ0n) is 8.31. The molecule has 5 heteroatoms. The van der Waals surface area contributed by atoms with Gasteiger partial charge in [-0.15, -0.1) is 0 Å². The molecule has 0 radical (unpaired) electrons. The van der Waals surface area contributed by atoms with Gasteiger partial charge < -0.3 is 4.74 Å². The fourth-order valence-electron chi connectivity index (χ4n) is 1.74. The number of ether oxygens (including phenoxy) is 1. The van der Waals surface area contributed by atoms with Crippen LogP contribution in [0.5, 0.6) is 0 Å². The average Bonchev–Trinajstić information content (AvgIpc) is 2.02. The first-order valence-corrected chi connectivity index (χ1v) is 4.80. The van der Waals surface area contributed by atoms with E-state index in [1.807, 2.05) is 0 Å². The summed E-state index contributed by atoms with van der Waals surface area (Å²) in [5, 5.41) is 0. The number of hydrogen-bond donors (Lipinski definition) is 0. The summed E-state index contributed by atoms with van der Waals surface area (Å²) in [7, 11) is 1.52. The van der Waals surface area contributed by atoms with E-state index in [9.17, 15) is 13.2 Å². The topological polar surface area (TPSA) is 12.5 Å². The van der Waals surface area contributed by atoms with Crippen molar-refractivity contribution in [1.29, 1.82) is 0 Å². The molecule has 0 aromatic heterocycles. The summed E-state index contributed by atoms with van der Waals surface area (Å²) < 4.78 is 41.1. The van der Waals surface area contributed by atoms with Crippen LogP contribution in [0.4, 0.5) is 13.2 Å². The maximum Gasteiger partial charge on any atom is 0.401 e. The number of hydrogen-bond acceptors (Lipinski definition) is 2. The van der Waals surface area contributed by atoms with Gasteiger partial charge in [0.15, 0.2) is 0 Å². The summed E-state index contributed by atoms with van der Waals surface area (Å²) in [6, 6.07) is 0. The molecule has 1 aliphatic rings. The first-order chi connectivity index (χ1) is 6.47. The van der Waals surface area contributed by atoms with Crippen LogP contribution in [0.3, 0.4) is 0 Å². The fraction of sp³-hybridized carbons (Fsp3) is 1.00. The highest BCUT2D eigenvalue weighted by molar-refractivity contribution is 4.68. The van der Waals surface area contributed by atoms with Gasteiger partial charge in [0.25, 0.3) is 0 Å². The van der Waals surface area contributed by atoms with E-state index < -0.39 is 12.7 Å². The fourth-order valence-corrected chi connectivity index (χ4v) is 1.74. The molecule has 0 atom stereocenters. The van der Waals surface area contributed by atoms with Crippen molar-refractivity contribution in [3.05, 3.63) is 0 Å². The first-order valence-electron chi connectivity index (χ1n) is 4.80. The summed E-state index contributed by atoms with van der Waals surface area (Å²) >= 11 is 0. The lowest BCUT2D eigenvalue weighted by atomic mass is 10.00. The van der Waals surface area contributed by atoms with E-state index in [0.717, 1.165) is 12.8 Å². The molecule has 0 unspecified atom stereocenters. The second kappa shape index (κ2) is 4.98. The molecule has 1 heterocycles. The van der Waals surface area contributed by atoms with Crippen molar-refractivity contribution in [1.82, 2.24) is 4.90 Å². The lowest BCUT2D eigenvalue weighted by Gasteiger charge is -2.27. The Morgan fingerprint density at radius 1 is 1.29 bits per heavy atom. The molecule has 14 heavy (non-hydrogen) atoms. The van der Waals surface area contributed by atoms with Crippen molar-refractivity contribution in [2.24, 2.45) is 5.92 Å². The summed E-state index contributed by atoms with van der Waals surface area (Å²) in [5.41, 5.74) is 0. The molecule has 0 aromatic rings. The molecule has 84 valence electrons. The van der Waals surface area contributed by atoms with Crippen LogP contribution in [-0.4, -0.2) is 44.4 Å². The van der Waals surface area contributed by atoms with Gasteiger partial charge >= 0.3 is 6.18 Å². The van der Waals surface area contributed by atoms with E-state index in [4.69, 9.17) is 4.74 Å². The van der Waals surface area contributed by atoms with Crippen LogP contribution in [0.1, 0.15) is 12.8 Å². The third-order valence-corrected chi connectivity index (χ3v) is 2.36. The Bertz CT molecular complexity index is 166. The molecule has 2 nitrogen and oxygen atoms in total. The number of halogens is 3. The monoisotopic (exact) mass is 211 g/mol. The van der Waals surface area contributed by atoms with E-state index in [0.29, 0.717) is 25.7 Å². The molecule has 0 N–H and O–H groups in total. The average molecular weight is 211 g/mol. The van der Waals surface area contributed by atoms with Gasteiger partial charge in [0, 0.05) is 19.8 Å². The number of rotatable bonds is 3. The Balaban J connectivity index is 2.21. The second-order valence-electron chi connectivity index (χ2n) is 3.87. The molecule has 0 spiro atoms. The molecule has 1 rings (SSSR count). The Kier molecular flexibility index (Phi) is 4.19. The highest BCUT2D eigenvalue weighted by atomic mass is 19.4. The highest BCUT2D eigenvalue weighted by Crippen LogP contribution is 2.19. The van der Waals surface area contributed by atoms with Crippen LogP contribution in [0.2, 0.25) is 0 Å². The molecule has 1 saturated heterocycles. The van der Waals surface area contributed by atoms with Crippen LogP contribution < -0.4 is 0 Å².